The van der Waals surface area contributed by atoms with Crippen molar-refractivity contribution >= 4 is 6.29 Å². The van der Waals surface area contributed by atoms with Gasteiger partial charge >= 0.3 is 5.95 Å². The van der Waals surface area contributed by atoms with Crippen LogP contribution in [-0.2, 0) is 0 Å². The molecule has 0 aliphatic rings. The lowest BCUT2D eigenvalue weighted by Crippen LogP contribution is -2.03. The number of aldehydes is 1. The molecule has 0 aromatic carbocycles. The van der Waals surface area contributed by atoms with Gasteiger partial charge in [-0.05, 0) is 0 Å². The highest BCUT2D eigenvalue weighted by molar-refractivity contribution is 5.82. The molecule has 0 fully saturated rings. The fourth-order valence-electron chi connectivity index (χ4n) is 0.884. The average Bonchev–Trinajstić information content (AvgIpc) is 2.42. The van der Waals surface area contributed by atoms with Gasteiger partial charge in [-0.3, -0.25) is 4.79 Å². The first-order valence-electron chi connectivity index (χ1n) is 3.40. The molecule has 0 saturated heterocycles. The number of carbonyl (C=O) groups is 1. The summed E-state index contributed by atoms with van der Waals surface area (Å²) < 4.78 is 4.45. The molecule has 72 valence electrons. The molecule has 0 spiro atoms. The normalized spacial score (nSPS) is 12.8. The van der Waals surface area contributed by atoms with Crippen LogP contribution in [0.15, 0.2) is 4.42 Å². The van der Waals surface area contributed by atoms with E-state index in [1.54, 1.807) is 0 Å². The zero-order chi connectivity index (χ0) is 10.0. The van der Waals surface area contributed by atoms with Crippen molar-refractivity contribution in [3.63, 3.8) is 0 Å². The van der Waals surface area contributed by atoms with Gasteiger partial charge in [-0.2, -0.15) is 0 Å². The van der Waals surface area contributed by atoms with Crippen LogP contribution in [0, 0.1) is 0 Å². The average molecular weight is 188 g/mol. The largest absolute Gasteiger partial charge is 0.501 e. The number of carbonyl (C=O) groups excluding carboxylic acids is 1. The number of aromatic hydroxyl groups is 2. The van der Waals surface area contributed by atoms with E-state index in [1.807, 2.05) is 0 Å². The minimum Gasteiger partial charge on any atom is -0.501 e. The van der Waals surface area contributed by atoms with E-state index in [-0.39, 0.29) is 17.6 Å². The molecule has 0 saturated carbocycles. The maximum Gasteiger partial charge on any atom is 0.327 e. The minimum atomic E-state index is -1.44. The van der Waals surface area contributed by atoms with Crippen molar-refractivity contribution in [3.8, 4) is 11.7 Å². The second-order valence-electron chi connectivity index (χ2n) is 2.35. The standard InChI is InChI=1S/C7H8O6/c8-1-3-5(11)7(12)13-6(3)4(10)2-9/h1,4,9-12H,2H2/t4-/m1/s1. The highest BCUT2D eigenvalue weighted by Crippen LogP contribution is 2.36. The third-order valence-electron chi connectivity index (χ3n) is 1.52. The van der Waals surface area contributed by atoms with Crippen LogP contribution in [0.1, 0.15) is 22.2 Å². The molecule has 6 nitrogen and oxygen atoms in total. The first-order valence-corrected chi connectivity index (χ1v) is 3.40. The van der Waals surface area contributed by atoms with Crippen LogP contribution in [0.5, 0.6) is 11.7 Å². The highest BCUT2D eigenvalue weighted by atomic mass is 16.5. The molecule has 1 atom stereocenters. The lowest BCUT2D eigenvalue weighted by molar-refractivity contribution is 0.0732. The lowest BCUT2D eigenvalue weighted by atomic mass is 10.2. The molecule has 0 amide bonds. The molecule has 1 heterocycles. The molecule has 4 N–H and O–H groups in total. The predicted molar refractivity (Wildman–Crippen MR) is 39.5 cm³/mol. The monoisotopic (exact) mass is 188 g/mol. The van der Waals surface area contributed by atoms with E-state index in [0.717, 1.165) is 0 Å². The van der Waals surface area contributed by atoms with Gasteiger partial charge in [-0.1, -0.05) is 0 Å². The van der Waals surface area contributed by atoms with Gasteiger partial charge in [0.25, 0.3) is 0 Å². The summed E-state index contributed by atoms with van der Waals surface area (Å²) in [5.41, 5.74) is -0.362. The smallest absolute Gasteiger partial charge is 0.327 e. The number of rotatable bonds is 3. The lowest BCUT2D eigenvalue weighted by Gasteiger charge is -2.02. The molecule has 1 aromatic rings. The van der Waals surface area contributed by atoms with Crippen LogP contribution < -0.4 is 0 Å². The summed E-state index contributed by atoms with van der Waals surface area (Å²) in [6, 6.07) is 0. The van der Waals surface area contributed by atoms with E-state index in [0.29, 0.717) is 0 Å². The molecule has 0 radical (unpaired) electrons. The second-order valence-corrected chi connectivity index (χ2v) is 2.35. The Morgan fingerprint density at radius 1 is 1.46 bits per heavy atom. The Bertz CT molecular complexity index is 315. The SMILES string of the molecule is O=Cc1c([C@H](O)CO)oc(O)c1O. The highest BCUT2D eigenvalue weighted by Gasteiger charge is 2.23. The van der Waals surface area contributed by atoms with Crippen LogP contribution in [0.3, 0.4) is 0 Å². The van der Waals surface area contributed by atoms with Gasteiger partial charge in [-0.15, -0.1) is 0 Å². The quantitative estimate of drug-likeness (QED) is 0.477. The van der Waals surface area contributed by atoms with E-state index >= 15 is 0 Å². The Labute approximate surface area is 72.7 Å². The molecule has 1 rings (SSSR count). The maximum atomic E-state index is 10.4. The minimum absolute atomic E-state index is 0.215. The van der Waals surface area contributed by atoms with Crippen molar-refractivity contribution in [2.24, 2.45) is 0 Å². The van der Waals surface area contributed by atoms with Gasteiger partial charge in [0.2, 0.25) is 5.75 Å². The zero-order valence-corrected chi connectivity index (χ0v) is 6.47. The first kappa shape index (κ1) is 9.56. The van der Waals surface area contributed by atoms with Crippen LogP contribution in [0.2, 0.25) is 0 Å². The number of furan rings is 1. The van der Waals surface area contributed by atoms with Gasteiger partial charge in [-0.25, -0.2) is 0 Å². The first-order chi connectivity index (χ1) is 6.11. The van der Waals surface area contributed by atoms with Crippen molar-refractivity contribution in [1.29, 1.82) is 0 Å². The summed E-state index contributed by atoms with van der Waals surface area (Å²) in [4.78, 5) is 10.4. The third kappa shape index (κ3) is 1.49. The van der Waals surface area contributed by atoms with Crippen LogP contribution in [0.4, 0.5) is 0 Å². The molecule has 6 heteroatoms. The Morgan fingerprint density at radius 2 is 2.08 bits per heavy atom. The molecule has 13 heavy (non-hydrogen) atoms. The summed E-state index contributed by atoms with van der Waals surface area (Å²) in [6.07, 6.45) is -1.22. The fourth-order valence-corrected chi connectivity index (χ4v) is 0.884. The number of hydrogen-bond donors (Lipinski definition) is 4. The Balaban J connectivity index is 3.20. The van der Waals surface area contributed by atoms with Crippen molar-refractivity contribution in [2.45, 2.75) is 6.10 Å². The van der Waals surface area contributed by atoms with E-state index in [4.69, 9.17) is 20.4 Å². The summed E-state index contributed by atoms with van der Waals surface area (Å²) in [5, 5.41) is 35.4. The van der Waals surface area contributed by atoms with Crippen molar-refractivity contribution in [1.82, 2.24) is 0 Å². The summed E-state index contributed by atoms with van der Waals surface area (Å²) in [5.74, 6) is -1.95. The van der Waals surface area contributed by atoms with Crippen molar-refractivity contribution in [2.75, 3.05) is 6.61 Å². The summed E-state index contributed by atoms with van der Waals surface area (Å²) in [7, 11) is 0. The van der Waals surface area contributed by atoms with E-state index < -0.39 is 24.4 Å². The number of aliphatic hydroxyl groups excluding tert-OH is 2. The third-order valence-corrected chi connectivity index (χ3v) is 1.52. The van der Waals surface area contributed by atoms with Gasteiger partial charge in [0.15, 0.2) is 12.0 Å². The Kier molecular flexibility index (Phi) is 2.54. The van der Waals surface area contributed by atoms with Gasteiger partial charge in [0, 0.05) is 0 Å². The fraction of sp³-hybridized carbons (Fsp3) is 0.286. The van der Waals surface area contributed by atoms with Crippen LogP contribution >= 0.6 is 0 Å². The molecule has 0 aliphatic carbocycles. The molecular formula is C7H8O6. The number of aliphatic hydroxyl groups is 2. The van der Waals surface area contributed by atoms with Crippen LogP contribution in [0.25, 0.3) is 0 Å². The van der Waals surface area contributed by atoms with Gasteiger partial charge in [0.05, 0.1) is 6.61 Å². The van der Waals surface area contributed by atoms with Gasteiger partial charge in [0.1, 0.15) is 11.7 Å². The van der Waals surface area contributed by atoms with E-state index in [9.17, 15) is 4.79 Å². The topological polar surface area (TPSA) is 111 Å². The molecule has 0 bridgehead atoms. The Morgan fingerprint density at radius 3 is 2.54 bits per heavy atom. The van der Waals surface area contributed by atoms with E-state index in [1.165, 1.54) is 0 Å². The second kappa shape index (κ2) is 3.46. The Hall–Kier alpha value is -1.53. The van der Waals surface area contributed by atoms with Crippen LogP contribution in [-0.4, -0.2) is 33.3 Å². The molecule has 1 aromatic heterocycles. The van der Waals surface area contributed by atoms with Gasteiger partial charge < -0.3 is 24.8 Å². The summed E-state index contributed by atoms with van der Waals surface area (Å²) >= 11 is 0. The molecule has 0 unspecified atom stereocenters. The predicted octanol–water partition coefficient (Wildman–Crippen LogP) is -0.471. The van der Waals surface area contributed by atoms with Crippen molar-refractivity contribution < 1.29 is 29.6 Å². The number of hydrogen-bond acceptors (Lipinski definition) is 6. The maximum absolute atomic E-state index is 10.4. The van der Waals surface area contributed by atoms with Crippen molar-refractivity contribution in [3.05, 3.63) is 11.3 Å². The molecular weight excluding hydrogens is 180 g/mol. The van der Waals surface area contributed by atoms with E-state index in [2.05, 4.69) is 4.42 Å². The zero-order valence-electron chi connectivity index (χ0n) is 6.47. The summed E-state index contributed by atoms with van der Waals surface area (Å²) in [6.45, 7) is -0.673. The molecule has 0 aliphatic heterocycles.